The summed E-state index contributed by atoms with van der Waals surface area (Å²) < 4.78 is 2.38. The highest BCUT2D eigenvalue weighted by Gasteiger charge is 2.21. The van der Waals surface area contributed by atoms with E-state index in [1.165, 1.54) is 32.9 Å². The molecular weight excluding hydrogens is 837 g/mol. The first-order valence-electron chi connectivity index (χ1n) is 23.6. The molecule has 0 unspecified atom stereocenters. The van der Waals surface area contributed by atoms with Gasteiger partial charge in [0.2, 0.25) is 0 Å². The Balaban J connectivity index is 0.893. The quantitative estimate of drug-likeness (QED) is 0.127. The molecule has 0 saturated heterocycles. The van der Waals surface area contributed by atoms with E-state index in [9.17, 15) is 0 Å². The zero-order chi connectivity index (χ0) is 46.7. The van der Waals surface area contributed by atoms with Crippen LogP contribution in [0, 0.1) is 6.92 Å². The predicted molar refractivity (Wildman–Crippen MR) is 296 cm³/mol. The van der Waals surface area contributed by atoms with Crippen LogP contribution in [0.15, 0.2) is 255 Å². The first-order chi connectivity index (χ1) is 33.9. The van der Waals surface area contributed by atoms with Crippen molar-refractivity contribution in [3.63, 3.8) is 0 Å². The van der Waals surface area contributed by atoms with Gasteiger partial charge in [-0.2, -0.15) is 0 Å². The fourth-order valence-electron chi connectivity index (χ4n) is 9.68. The number of para-hydroxylation sites is 4. The van der Waals surface area contributed by atoms with E-state index in [1.807, 2.05) is 0 Å². The number of allylic oxidation sites excluding steroid dienone is 4. The lowest BCUT2D eigenvalue weighted by atomic mass is 10.00. The van der Waals surface area contributed by atoms with Crippen molar-refractivity contribution in [1.29, 1.82) is 0 Å². The van der Waals surface area contributed by atoms with E-state index in [0.29, 0.717) is 0 Å². The number of anilines is 8. The Morgan fingerprint density at radius 3 is 1.49 bits per heavy atom. The second kappa shape index (κ2) is 18.8. The Morgan fingerprint density at radius 1 is 0.449 bits per heavy atom. The van der Waals surface area contributed by atoms with Crippen LogP contribution in [0.1, 0.15) is 29.2 Å². The van der Waals surface area contributed by atoms with Crippen LogP contribution in [0.4, 0.5) is 45.5 Å². The second-order valence-electron chi connectivity index (χ2n) is 17.7. The molecule has 11 rings (SSSR count). The average molecular weight is 889 g/mol. The molecule has 0 radical (unpaired) electrons. The zero-order valence-electron chi connectivity index (χ0n) is 39.0. The monoisotopic (exact) mass is 888 g/mol. The van der Waals surface area contributed by atoms with Crippen LogP contribution < -0.4 is 14.7 Å². The molecule has 0 atom stereocenters. The van der Waals surface area contributed by atoms with E-state index in [-0.39, 0.29) is 0 Å². The van der Waals surface area contributed by atoms with Crippen molar-refractivity contribution < 1.29 is 0 Å². The number of aromatic nitrogens is 1. The first kappa shape index (κ1) is 42.8. The van der Waals surface area contributed by atoms with Crippen LogP contribution in [-0.2, 0) is 0 Å². The molecule has 0 bridgehead atoms. The molecule has 69 heavy (non-hydrogen) atoms. The summed E-state index contributed by atoms with van der Waals surface area (Å²) in [5.41, 5.74) is 19.1. The van der Waals surface area contributed by atoms with Crippen molar-refractivity contribution in [1.82, 2.24) is 4.57 Å². The molecule has 4 nitrogen and oxygen atoms in total. The maximum absolute atomic E-state index is 4.59. The summed E-state index contributed by atoms with van der Waals surface area (Å²) >= 11 is 0. The maximum atomic E-state index is 4.59. The standard InChI is InChI=1S/C65H52N4/c1-47-17-16-42-66(52-18-8-4-9-19-52)63-40-37-58(45-60(63)49(3)43-47)67(53-20-10-5-11-21-53)56-33-29-50(30-34-56)27-28-51-31-35-57(36-32-51)68(54-22-12-6-13-23-54)59-38-41-65-62(46-59)61-44-48(2)26-39-64(61)69(65)55-24-14-7-15-25-55/h4-41,43-46H,3,42H2,1-2H3/b17-16-,28-27+,47-43-. The summed E-state index contributed by atoms with van der Waals surface area (Å²) in [5, 5.41) is 2.47. The molecule has 9 aromatic carbocycles. The van der Waals surface area contributed by atoms with Crippen LogP contribution in [0.5, 0.6) is 0 Å². The molecule has 0 spiro atoms. The summed E-state index contributed by atoms with van der Waals surface area (Å²) in [5.74, 6) is 0. The smallest absolute Gasteiger partial charge is 0.0542 e. The van der Waals surface area contributed by atoms with Crippen molar-refractivity contribution in [3.05, 3.63) is 277 Å². The highest BCUT2D eigenvalue weighted by molar-refractivity contribution is 6.11. The number of nitrogens with zero attached hydrogens (tertiary/aromatic N) is 4. The van der Waals surface area contributed by atoms with E-state index in [0.717, 1.165) is 80.0 Å². The molecule has 0 aliphatic carbocycles. The SMILES string of the molecule is C=C1/C=C(C)\C=C/CN(c2ccccc2)c2ccc(N(c3ccccc3)c3ccc(/C=C/c4ccc(N(c5ccccc5)c5ccc6c(c5)c5cc(C)ccc5n6-c5ccccc5)cc4)cc3)cc21. The van der Waals surface area contributed by atoms with Crippen molar-refractivity contribution in [2.75, 3.05) is 21.2 Å². The number of benzene rings is 9. The number of rotatable bonds is 10. The molecule has 1 aliphatic heterocycles. The van der Waals surface area contributed by atoms with E-state index >= 15 is 0 Å². The van der Waals surface area contributed by atoms with Crippen LogP contribution >= 0.6 is 0 Å². The van der Waals surface area contributed by atoms with E-state index in [2.05, 4.69) is 295 Å². The number of hydrogen-bond donors (Lipinski definition) is 0. The van der Waals surface area contributed by atoms with Gasteiger partial charge in [-0.25, -0.2) is 0 Å². The molecule has 2 heterocycles. The number of aryl methyl sites for hydroxylation is 1. The van der Waals surface area contributed by atoms with Gasteiger partial charge < -0.3 is 19.3 Å². The third kappa shape index (κ3) is 8.68. The van der Waals surface area contributed by atoms with Gasteiger partial charge in [0.05, 0.1) is 11.0 Å². The molecule has 0 amide bonds. The Kier molecular flexibility index (Phi) is 11.6. The van der Waals surface area contributed by atoms with E-state index in [1.54, 1.807) is 0 Å². The van der Waals surface area contributed by atoms with Gasteiger partial charge in [-0.1, -0.05) is 151 Å². The van der Waals surface area contributed by atoms with Crippen LogP contribution in [0.3, 0.4) is 0 Å². The average Bonchev–Trinajstić information content (AvgIpc) is 3.74. The maximum Gasteiger partial charge on any atom is 0.0542 e. The summed E-state index contributed by atoms with van der Waals surface area (Å²) in [7, 11) is 0. The fraction of sp³-hybridized carbons (Fsp3) is 0.0462. The first-order valence-corrected chi connectivity index (χ1v) is 23.6. The molecule has 0 N–H and O–H groups in total. The van der Waals surface area contributed by atoms with Gasteiger partial charge in [0.1, 0.15) is 0 Å². The summed E-state index contributed by atoms with van der Waals surface area (Å²) in [6, 6.07) is 80.6. The largest absolute Gasteiger partial charge is 0.337 e. The molecule has 1 aliphatic rings. The topological polar surface area (TPSA) is 14.7 Å². The lowest BCUT2D eigenvalue weighted by Gasteiger charge is -2.30. The predicted octanol–water partition coefficient (Wildman–Crippen LogP) is 17.9. The highest BCUT2D eigenvalue weighted by Crippen LogP contribution is 2.43. The molecule has 332 valence electrons. The summed E-state index contributed by atoms with van der Waals surface area (Å²) in [6.45, 7) is 9.65. The van der Waals surface area contributed by atoms with Gasteiger partial charge in [0, 0.05) is 74.1 Å². The van der Waals surface area contributed by atoms with Crippen LogP contribution in [0.2, 0.25) is 0 Å². The Morgan fingerprint density at radius 2 is 0.913 bits per heavy atom. The van der Waals surface area contributed by atoms with Crippen molar-refractivity contribution in [2.24, 2.45) is 0 Å². The van der Waals surface area contributed by atoms with Crippen molar-refractivity contribution in [3.8, 4) is 5.69 Å². The second-order valence-corrected chi connectivity index (χ2v) is 17.7. The van der Waals surface area contributed by atoms with Gasteiger partial charge in [-0.15, -0.1) is 0 Å². The minimum Gasteiger partial charge on any atom is -0.337 e. The molecule has 10 aromatic rings. The third-order valence-electron chi connectivity index (χ3n) is 13.0. The lowest BCUT2D eigenvalue weighted by molar-refractivity contribution is 1.09. The van der Waals surface area contributed by atoms with Crippen LogP contribution in [0.25, 0.3) is 45.2 Å². The Hall–Kier alpha value is -8.86. The molecule has 0 fully saturated rings. The normalized spacial score (nSPS) is 13.9. The van der Waals surface area contributed by atoms with E-state index in [4.69, 9.17) is 0 Å². The van der Waals surface area contributed by atoms with Gasteiger partial charge in [-0.05, 0) is 152 Å². The van der Waals surface area contributed by atoms with E-state index < -0.39 is 0 Å². The fourth-order valence-corrected chi connectivity index (χ4v) is 9.68. The number of hydrogen-bond acceptors (Lipinski definition) is 3. The highest BCUT2D eigenvalue weighted by atomic mass is 15.2. The van der Waals surface area contributed by atoms with Gasteiger partial charge in [-0.3, -0.25) is 0 Å². The molecule has 0 saturated carbocycles. The minimum atomic E-state index is 0.752. The van der Waals surface area contributed by atoms with Gasteiger partial charge >= 0.3 is 0 Å². The van der Waals surface area contributed by atoms with Crippen molar-refractivity contribution in [2.45, 2.75) is 13.8 Å². The molecular formula is C65H52N4. The Labute approximate surface area is 405 Å². The number of fused-ring (bicyclic) bond motifs is 4. The van der Waals surface area contributed by atoms with Crippen molar-refractivity contribution >= 4 is 85.0 Å². The summed E-state index contributed by atoms with van der Waals surface area (Å²) in [4.78, 5) is 7.04. The Bertz CT molecular complexity index is 3530. The zero-order valence-corrected chi connectivity index (χ0v) is 39.0. The molecule has 4 heteroatoms. The van der Waals surface area contributed by atoms with Gasteiger partial charge in [0.15, 0.2) is 0 Å². The third-order valence-corrected chi connectivity index (χ3v) is 13.0. The van der Waals surface area contributed by atoms with Gasteiger partial charge in [0.25, 0.3) is 0 Å². The van der Waals surface area contributed by atoms with Crippen LogP contribution in [-0.4, -0.2) is 11.1 Å². The lowest BCUT2D eigenvalue weighted by Crippen LogP contribution is -2.18. The molecule has 1 aromatic heterocycles. The minimum absolute atomic E-state index is 0.752. The summed E-state index contributed by atoms with van der Waals surface area (Å²) in [6.07, 6.45) is 11.0.